The number of nitrogens with one attached hydrogen (secondary N) is 1. The van der Waals surface area contributed by atoms with Gasteiger partial charge in [-0.2, -0.15) is 0 Å². The van der Waals surface area contributed by atoms with Crippen molar-refractivity contribution in [3.8, 4) is 0 Å². The quantitative estimate of drug-likeness (QED) is 0.817. The molecule has 1 aliphatic carbocycles. The van der Waals surface area contributed by atoms with Crippen molar-refractivity contribution in [1.29, 1.82) is 0 Å². The van der Waals surface area contributed by atoms with Crippen molar-refractivity contribution < 1.29 is 18.3 Å². The van der Waals surface area contributed by atoms with E-state index < -0.39 is 21.7 Å². The zero-order valence-corrected chi connectivity index (χ0v) is 12.3. The van der Waals surface area contributed by atoms with Crippen LogP contribution >= 0.6 is 0 Å². The van der Waals surface area contributed by atoms with E-state index in [0.717, 1.165) is 19.3 Å². The van der Waals surface area contributed by atoms with Crippen LogP contribution in [0.4, 0.5) is 0 Å². The van der Waals surface area contributed by atoms with Gasteiger partial charge in [0, 0.05) is 6.04 Å². The summed E-state index contributed by atoms with van der Waals surface area (Å²) in [6.45, 7) is 8.47. The first-order valence-electron chi connectivity index (χ1n) is 6.13. The highest BCUT2D eigenvalue weighted by atomic mass is 32.2. The maximum Gasteiger partial charge on any atom is 0.320 e. The Kier molecular flexibility index (Phi) is 4.13. The van der Waals surface area contributed by atoms with Gasteiger partial charge in [0.25, 0.3) is 0 Å². The molecule has 0 aromatic heterocycles. The maximum absolute atomic E-state index is 11.6. The van der Waals surface area contributed by atoms with Gasteiger partial charge in [-0.25, -0.2) is 13.1 Å². The molecule has 0 unspecified atom stereocenters. The third-order valence-corrected chi connectivity index (χ3v) is 4.53. The van der Waals surface area contributed by atoms with Crippen LogP contribution in [0.25, 0.3) is 0 Å². The largest absolute Gasteiger partial charge is 0.480 e. The van der Waals surface area contributed by atoms with Gasteiger partial charge in [-0.05, 0) is 30.1 Å². The second-order valence-corrected chi connectivity index (χ2v) is 8.63. The number of carboxylic acid groups (broad SMARTS) is 1. The summed E-state index contributed by atoms with van der Waals surface area (Å²) < 4.78 is 25.8. The van der Waals surface area contributed by atoms with Gasteiger partial charge in [-0.3, -0.25) is 4.79 Å². The van der Waals surface area contributed by atoms with Crippen molar-refractivity contribution in [2.24, 2.45) is 10.8 Å². The monoisotopic (exact) mass is 277 g/mol. The lowest BCUT2D eigenvalue weighted by molar-refractivity contribution is -0.134. The highest BCUT2D eigenvalue weighted by molar-refractivity contribution is 7.90. The summed E-state index contributed by atoms with van der Waals surface area (Å²) in [6.07, 6.45) is 2.53. The molecular weight excluding hydrogens is 254 g/mol. The van der Waals surface area contributed by atoms with Crippen LogP contribution in [0, 0.1) is 10.8 Å². The van der Waals surface area contributed by atoms with Gasteiger partial charge in [-0.15, -0.1) is 0 Å². The highest BCUT2D eigenvalue weighted by Crippen LogP contribution is 2.45. The zero-order valence-electron chi connectivity index (χ0n) is 11.5. The molecule has 0 bridgehead atoms. The summed E-state index contributed by atoms with van der Waals surface area (Å²) >= 11 is 0. The van der Waals surface area contributed by atoms with Crippen molar-refractivity contribution in [3.05, 3.63) is 0 Å². The van der Waals surface area contributed by atoms with Crippen molar-refractivity contribution in [2.45, 2.75) is 53.0 Å². The molecule has 0 aliphatic heterocycles. The number of carboxylic acids is 1. The summed E-state index contributed by atoms with van der Waals surface area (Å²) in [7, 11) is -3.73. The number of aliphatic carboxylic acids is 1. The molecular formula is C12H23NO4S. The van der Waals surface area contributed by atoms with E-state index in [1.54, 1.807) is 0 Å². The fourth-order valence-electron chi connectivity index (χ4n) is 3.39. The Morgan fingerprint density at radius 2 is 1.67 bits per heavy atom. The van der Waals surface area contributed by atoms with Crippen LogP contribution in [-0.2, 0) is 14.8 Å². The minimum atomic E-state index is -3.73. The van der Waals surface area contributed by atoms with Crippen molar-refractivity contribution >= 4 is 16.0 Å². The Labute approximate surface area is 109 Å². The molecule has 6 heteroatoms. The number of sulfonamides is 1. The summed E-state index contributed by atoms with van der Waals surface area (Å²) in [5.41, 5.74) is 0.135. The minimum Gasteiger partial charge on any atom is -0.480 e. The molecule has 0 aromatic rings. The average Bonchev–Trinajstić information content (AvgIpc) is 1.90. The van der Waals surface area contributed by atoms with Crippen molar-refractivity contribution in [2.75, 3.05) is 5.75 Å². The molecule has 1 fully saturated rings. The first kappa shape index (κ1) is 15.4. The van der Waals surface area contributed by atoms with E-state index in [9.17, 15) is 13.2 Å². The van der Waals surface area contributed by atoms with Crippen molar-refractivity contribution in [3.63, 3.8) is 0 Å². The molecule has 1 aliphatic rings. The predicted octanol–water partition coefficient (Wildman–Crippen LogP) is 1.60. The smallest absolute Gasteiger partial charge is 0.320 e. The Morgan fingerprint density at radius 1 is 1.22 bits per heavy atom. The van der Waals surface area contributed by atoms with Gasteiger partial charge in [0.2, 0.25) is 10.0 Å². The molecule has 2 N–H and O–H groups in total. The summed E-state index contributed by atoms with van der Waals surface area (Å²) in [6, 6.07) is -0.173. The van der Waals surface area contributed by atoms with Gasteiger partial charge in [0.1, 0.15) is 0 Å². The lowest BCUT2D eigenvalue weighted by Gasteiger charge is -2.44. The van der Waals surface area contributed by atoms with Crippen molar-refractivity contribution in [1.82, 2.24) is 4.72 Å². The second-order valence-electron chi connectivity index (χ2n) is 6.88. The van der Waals surface area contributed by atoms with E-state index in [4.69, 9.17) is 5.11 Å². The second kappa shape index (κ2) is 4.81. The molecule has 5 nitrogen and oxygen atoms in total. The molecule has 1 saturated carbocycles. The standard InChI is InChI=1S/C12H23NO4S/c1-11(2)5-9(6-12(3,4)8-11)13-18(16,17)7-10(14)15/h9,13H,5-8H2,1-4H3,(H,14,15). The molecule has 0 aromatic carbocycles. The molecule has 0 spiro atoms. The zero-order chi connectivity index (χ0) is 14.2. The van der Waals surface area contributed by atoms with Crippen LogP contribution in [0.5, 0.6) is 0 Å². The van der Waals surface area contributed by atoms with E-state index in [1.807, 2.05) is 0 Å². The van der Waals surface area contributed by atoms with E-state index in [2.05, 4.69) is 32.4 Å². The molecule has 0 atom stereocenters. The van der Waals surface area contributed by atoms with Gasteiger partial charge in [0.05, 0.1) is 0 Å². The molecule has 0 saturated heterocycles. The molecule has 0 heterocycles. The first-order valence-corrected chi connectivity index (χ1v) is 7.78. The van der Waals surface area contributed by atoms with Crippen LogP contribution in [0.15, 0.2) is 0 Å². The van der Waals surface area contributed by atoms with E-state index >= 15 is 0 Å². The Bertz CT molecular complexity index is 409. The molecule has 0 amide bonds. The van der Waals surface area contributed by atoms with Crippen LogP contribution < -0.4 is 4.72 Å². The summed E-state index contributed by atoms with van der Waals surface area (Å²) in [5.74, 6) is -2.18. The van der Waals surface area contributed by atoms with E-state index in [1.165, 1.54) is 0 Å². The number of carbonyl (C=O) groups is 1. The minimum absolute atomic E-state index is 0.0676. The average molecular weight is 277 g/mol. The third kappa shape index (κ3) is 4.94. The van der Waals surface area contributed by atoms with E-state index in [-0.39, 0.29) is 16.9 Å². The third-order valence-electron chi connectivity index (χ3n) is 3.21. The van der Waals surface area contributed by atoms with Gasteiger partial charge >= 0.3 is 5.97 Å². The SMILES string of the molecule is CC1(C)CC(NS(=O)(=O)CC(=O)O)CC(C)(C)C1. The first-order chi connectivity index (χ1) is 7.91. The normalized spacial score (nSPS) is 23.8. The summed E-state index contributed by atoms with van der Waals surface area (Å²) in [5, 5.41) is 8.56. The fourth-order valence-corrected chi connectivity index (χ4v) is 4.47. The lowest BCUT2D eigenvalue weighted by atomic mass is 9.64. The van der Waals surface area contributed by atoms with Gasteiger partial charge in [0.15, 0.2) is 5.75 Å². The van der Waals surface area contributed by atoms with Crippen LogP contribution in [-0.4, -0.2) is 31.3 Å². The Morgan fingerprint density at radius 3 is 2.06 bits per heavy atom. The highest BCUT2D eigenvalue weighted by Gasteiger charge is 2.39. The van der Waals surface area contributed by atoms with Crippen LogP contribution in [0.1, 0.15) is 47.0 Å². The number of rotatable bonds is 4. The molecule has 106 valence electrons. The molecule has 18 heavy (non-hydrogen) atoms. The van der Waals surface area contributed by atoms with E-state index in [0.29, 0.717) is 0 Å². The van der Waals surface area contributed by atoms with Crippen LogP contribution in [0.2, 0.25) is 0 Å². The summed E-state index contributed by atoms with van der Waals surface area (Å²) in [4.78, 5) is 10.5. The Balaban J connectivity index is 2.76. The number of hydrogen-bond acceptors (Lipinski definition) is 3. The molecule has 0 radical (unpaired) electrons. The van der Waals surface area contributed by atoms with Gasteiger partial charge < -0.3 is 5.11 Å². The molecule has 1 rings (SSSR count). The Hall–Kier alpha value is -0.620. The maximum atomic E-state index is 11.6. The predicted molar refractivity (Wildman–Crippen MR) is 69.8 cm³/mol. The topological polar surface area (TPSA) is 83.5 Å². The van der Waals surface area contributed by atoms with Crippen LogP contribution in [0.3, 0.4) is 0 Å². The lowest BCUT2D eigenvalue weighted by Crippen LogP contribution is -2.47. The number of hydrogen-bond donors (Lipinski definition) is 2. The van der Waals surface area contributed by atoms with Gasteiger partial charge in [-0.1, -0.05) is 27.7 Å². The fraction of sp³-hybridized carbons (Fsp3) is 0.917.